The molecule has 0 aliphatic heterocycles. The highest BCUT2D eigenvalue weighted by Gasteiger charge is 2.41. The van der Waals surface area contributed by atoms with Crippen LogP contribution in [0.25, 0.3) is 0 Å². The van der Waals surface area contributed by atoms with Gasteiger partial charge < -0.3 is 19.5 Å². The zero-order valence-corrected chi connectivity index (χ0v) is 10.6. The predicted molar refractivity (Wildman–Crippen MR) is 57.8 cm³/mol. The lowest BCUT2D eigenvalue weighted by molar-refractivity contribution is -0.875. The molecule has 0 heterocycles. The Morgan fingerprint density at radius 1 is 1.24 bits per heavy atom. The van der Waals surface area contributed by atoms with Crippen LogP contribution in [0.4, 0.5) is 0 Å². The molecule has 0 bridgehead atoms. The molecule has 17 heavy (non-hydrogen) atoms. The summed E-state index contributed by atoms with van der Waals surface area (Å²) in [5.74, 6) is -2.70. The van der Waals surface area contributed by atoms with Crippen molar-refractivity contribution in [2.24, 2.45) is 0 Å². The van der Waals surface area contributed by atoms with Crippen LogP contribution in [0, 0.1) is 0 Å². The van der Waals surface area contributed by atoms with Crippen molar-refractivity contribution in [1.82, 2.24) is 0 Å². The molecule has 6 heteroatoms. The van der Waals surface area contributed by atoms with E-state index in [2.05, 4.69) is 0 Å². The van der Waals surface area contributed by atoms with E-state index in [0.29, 0.717) is 0 Å². The summed E-state index contributed by atoms with van der Waals surface area (Å²) in [6.45, 7) is 1.12. The number of carboxylic acid groups (broad SMARTS) is 1. The quantitative estimate of drug-likeness (QED) is 0.418. The summed E-state index contributed by atoms with van der Waals surface area (Å²) in [5, 5.41) is 20.7. The van der Waals surface area contributed by atoms with Crippen LogP contribution in [0.15, 0.2) is 0 Å². The fourth-order valence-electron chi connectivity index (χ4n) is 1.66. The number of rotatable bonds is 7. The van der Waals surface area contributed by atoms with E-state index < -0.39 is 36.0 Å². The van der Waals surface area contributed by atoms with Gasteiger partial charge in [0.25, 0.3) is 0 Å². The minimum absolute atomic E-state index is 0.0902. The number of aliphatic hydroxyl groups is 1. The van der Waals surface area contributed by atoms with Gasteiger partial charge in [-0.3, -0.25) is 9.59 Å². The summed E-state index contributed by atoms with van der Waals surface area (Å²) in [6, 6.07) is 0. The van der Waals surface area contributed by atoms with Gasteiger partial charge in [0.05, 0.1) is 27.6 Å². The number of Topliss-reactive ketones (excluding diaryl/α,β-unsaturated/α-hetero) is 2. The van der Waals surface area contributed by atoms with Crippen molar-refractivity contribution in [2.45, 2.75) is 25.4 Å². The van der Waals surface area contributed by atoms with E-state index in [-0.39, 0.29) is 11.0 Å². The highest BCUT2D eigenvalue weighted by Crippen LogP contribution is 2.17. The lowest BCUT2D eigenvalue weighted by Gasteiger charge is -2.34. The minimum atomic E-state index is -2.05. The number of aliphatic carboxylic acids is 1. The highest BCUT2D eigenvalue weighted by molar-refractivity contribution is 6.03. The van der Waals surface area contributed by atoms with Crippen LogP contribution in [0.2, 0.25) is 0 Å². The molecule has 0 aromatic heterocycles. The Bertz CT molecular complexity index is 331. The summed E-state index contributed by atoms with van der Waals surface area (Å²) in [6.07, 6.45) is -1.27. The van der Waals surface area contributed by atoms with E-state index in [1.165, 1.54) is 6.92 Å². The SMILES string of the molecule is CC(=O)CC(=O)C(O)(CC(=O)[O-])C[N+](C)(C)C. The van der Waals surface area contributed by atoms with Gasteiger partial charge in [0.1, 0.15) is 12.3 Å². The molecular formula is C11H19NO5. The van der Waals surface area contributed by atoms with Gasteiger partial charge >= 0.3 is 0 Å². The summed E-state index contributed by atoms with van der Waals surface area (Å²) < 4.78 is 0.202. The fourth-order valence-corrected chi connectivity index (χ4v) is 1.66. The number of nitrogens with zero attached hydrogens (tertiary/aromatic N) is 1. The second kappa shape index (κ2) is 5.37. The van der Waals surface area contributed by atoms with Crippen molar-refractivity contribution in [3.05, 3.63) is 0 Å². The average molecular weight is 245 g/mol. The van der Waals surface area contributed by atoms with E-state index >= 15 is 0 Å². The number of quaternary nitrogens is 1. The Balaban J connectivity index is 5.02. The van der Waals surface area contributed by atoms with E-state index in [4.69, 9.17) is 0 Å². The molecule has 0 aromatic carbocycles. The van der Waals surface area contributed by atoms with Gasteiger partial charge in [-0.05, 0) is 6.92 Å². The van der Waals surface area contributed by atoms with Crippen molar-refractivity contribution in [2.75, 3.05) is 27.7 Å². The molecule has 0 fully saturated rings. The first-order valence-electron chi connectivity index (χ1n) is 5.22. The van der Waals surface area contributed by atoms with Crippen molar-refractivity contribution >= 4 is 17.5 Å². The molecule has 0 saturated heterocycles. The van der Waals surface area contributed by atoms with Crippen molar-refractivity contribution in [3.8, 4) is 0 Å². The van der Waals surface area contributed by atoms with E-state index in [0.717, 1.165) is 0 Å². The van der Waals surface area contributed by atoms with Gasteiger partial charge in [-0.15, -0.1) is 0 Å². The number of carbonyl (C=O) groups is 3. The lowest BCUT2D eigenvalue weighted by Crippen LogP contribution is -2.56. The summed E-state index contributed by atoms with van der Waals surface area (Å²) in [7, 11) is 5.13. The Labute approximate surface area is 100 Å². The molecule has 0 saturated carbocycles. The monoisotopic (exact) mass is 245 g/mol. The van der Waals surface area contributed by atoms with Crippen LogP contribution in [0.5, 0.6) is 0 Å². The lowest BCUT2D eigenvalue weighted by atomic mass is 9.90. The summed E-state index contributed by atoms with van der Waals surface area (Å²) in [4.78, 5) is 33.1. The smallest absolute Gasteiger partial charge is 0.177 e. The third-order valence-corrected chi connectivity index (χ3v) is 2.10. The molecular weight excluding hydrogens is 226 g/mol. The maximum atomic E-state index is 11.7. The second-order valence-corrected chi connectivity index (χ2v) is 5.33. The van der Waals surface area contributed by atoms with Crippen LogP contribution in [-0.2, 0) is 14.4 Å². The summed E-state index contributed by atoms with van der Waals surface area (Å²) >= 11 is 0. The first-order valence-corrected chi connectivity index (χ1v) is 5.22. The molecule has 0 aromatic rings. The number of carboxylic acids is 1. The number of ketones is 2. The van der Waals surface area contributed by atoms with Gasteiger partial charge in [0, 0.05) is 12.4 Å². The maximum Gasteiger partial charge on any atom is 0.177 e. The molecule has 1 unspecified atom stereocenters. The van der Waals surface area contributed by atoms with Crippen LogP contribution >= 0.6 is 0 Å². The average Bonchev–Trinajstić information content (AvgIpc) is 1.96. The van der Waals surface area contributed by atoms with E-state index in [9.17, 15) is 24.6 Å². The third-order valence-electron chi connectivity index (χ3n) is 2.10. The molecule has 98 valence electrons. The zero-order valence-electron chi connectivity index (χ0n) is 10.6. The number of likely N-dealkylation sites (N-methyl/N-ethyl adjacent to an activating group) is 1. The summed E-state index contributed by atoms with van der Waals surface area (Å²) in [5.41, 5.74) is -2.05. The molecule has 0 rings (SSSR count). The van der Waals surface area contributed by atoms with Crippen LogP contribution < -0.4 is 5.11 Å². The molecule has 0 amide bonds. The largest absolute Gasteiger partial charge is 0.550 e. The normalized spacial score (nSPS) is 15.1. The Kier molecular flexibility index (Phi) is 4.97. The molecule has 0 radical (unpaired) electrons. The first kappa shape index (κ1) is 15.7. The van der Waals surface area contributed by atoms with Crippen LogP contribution in [0.1, 0.15) is 19.8 Å². The fraction of sp³-hybridized carbons (Fsp3) is 0.727. The van der Waals surface area contributed by atoms with Gasteiger partial charge in [-0.25, -0.2) is 0 Å². The van der Waals surface area contributed by atoms with E-state index in [1.807, 2.05) is 0 Å². The standard InChI is InChI=1S/C11H19NO5/c1-8(13)5-9(14)11(17,6-10(15)16)7-12(2,3)4/h17H,5-7H2,1-4H3. The number of hydrogen-bond acceptors (Lipinski definition) is 5. The minimum Gasteiger partial charge on any atom is -0.550 e. The molecule has 1 N–H and O–H groups in total. The van der Waals surface area contributed by atoms with E-state index in [1.54, 1.807) is 21.1 Å². The molecule has 0 aliphatic rings. The van der Waals surface area contributed by atoms with Crippen LogP contribution in [0.3, 0.4) is 0 Å². The van der Waals surface area contributed by atoms with Gasteiger partial charge in [-0.2, -0.15) is 0 Å². The Morgan fingerprint density at radius 3 is 2.00 bits per heavy atom. The maximum absolute atomic E-state index is 11.7. The Morgan fingerprint density at radius 2 is 1.71 bits per heavy atom. The first-order chi connectivity index (χ1) is 7.46. The topological polar surface area (TPSA) is 94.5 Å². The number of carbonyl (C=O) groups excluding carboxylic acids is 3. The third kappa shape index (κ3) is 6.13. The van der Waals surface area contributed by atoms with Crippen molar-refractivity contribution < 1.29 is 29.1 Å². The highest BCUT2D eigenvalue weighted by atomic mass is 16.4. The Hall–Kier alpha value is -1.27. The predicted octanol–water partition coefficient (Wildman–Crippen LogP) is -1.89. The second-order valence-electron chi connectivity index (χ2n) is 5.33. The van der Waals surface area contributed by atoms with Crippen molar-refractivity contribution in [1.29, 1.82) is 0 Å². The molecule has 0 spiro atoms. The van der Waals surface area contributed by atoms with Gasteiger partial charge in [0.2, 0.25) is 0 Å². The zero-order chi connectivity index (χ0) is 13.9. The van der Waals surface area contributed by atoms with Gasteiger partial charge in [-0.1, -0.05) is 0 Å². The molecule has 6 nitrogen and oxygen atoms in total. The van der Waals surface area contributed by atoms with Gasteiger partial charge in [0.15, 0.2) is 11.4 Å². The molecule has 0 aliphatic carbocycles. The molecule has 1 atom stereocenters. The van der Waals surface area contributed by atoms with Crippen molar-refractivity contribution in [3.63, 3.8) is 0 Å². The van der Waals surface area contributed by atoms with Crippen LogP contribution in [-0.4, -0.2) is 60.4 Å². The number of hydrogen-bond donors (Lipinski definition) is 1.